The SMILES string of the molecule is COC(=O)NC[C@@H]1OC(=O)N2c3cc(F)c(C4=CCN(C(=O)OC)CC4)cc3C[C@@H]12. The monoisotopic (exact) mass is 419 g/mol. The van der Waals surface area contributed by atoms with Crippen molar-refractivity contribution in [3.05, 3.63) is 35.2 Å². The third-order valence-electron chi connectivity index (χ3n) is 5.69. The van der Waals surface area contributed by atoms with Gasteiger partial charge in [-0.2, -0.15) is 0 Å². The number of halogens is 1. The van der Waals surface area contributed by atoms with E-state index in [1.165, 1.54) is 25.2 Å². The van der Waals surface area contributed by atoms with Gasteiger partial charge in [0.1, 0.15) is 11.9 Å². The number of amides is 3. The molecule has 30 heavy (non-hydrogen) atoms. The Morgan fingerprint density at radius 2 is 2.10 bits per heavy atom. The van der Waals surface area contributed by atoms with Gasteiger partial charge in [0.05, 0.1) is 32.5 Å². The number of methoxy groups -OCH3 is 2. The lowest BCUT2D eigenvalue weighted by Crippen LogP contribution is -2.40. The third kappa shape index (κ3) is 3.42. The van der Waals surface area contributed by atoms with Crippen molar-refractivity contribution in [2.75, 3.05) is 38.8 Å². The Bertz CT molecular complexity index is 933. The van der Waals surface area contributed by atoms with Gasteiger partial charge in [-0.1, -0.05) is 6.08 Å². The van der Waals surface area contributed by atoms with Crippen LogP contribution >= 0.6 is 0 Å². The molecule has 1 fully saturated rings. The highest BCUT2D eigenvalue weighted by Crippen LogP contribution is 2.41. The van der Waals surface area contributed by atoms with Crippen LogP contribution in [0.5, 0.6) is 0 Å². The lowest BCUT2D eigenvalue weighted by molar-refractivity contribution is 0.123. The van der Waals surface area contributed by atoms with E-state index in [-0.39, 0.29) is 12.6 Å². The van der Waals surface area contributed by atoms with Gasteiger partial charge in [0, 0.05) is 18.7 Å². The van der Waals surface area contributed by atoms with Gasteiger partial charge in [0.2, 0.25) is 0 Å². The van der Waals surface area contributed by atoms with Crippen LogP contribution in [0.25, 0.3) is 5.57 Å². The second kappa shape index (κ2) is 7.85. The summed E-state index contributed by atoms with van der Waals surface area (Å²) in [6, 6.07) is 2.80. The summed E-state index contributed by atoms with van der Waals surface area (Å²) in [5, 5.41) is 2.54. The van der Waals surface area contributed by atoms with E-state index < -0.39 is 30.2 Å². The summed E-state index contributed by atoms with van der Waals surface area (Å²) in [5.41, 5.74) is 2.61. The number of alkyl carbamates (subject to hydrolysis) is 1. The molecule has 1 N–H and O–H groups in total. The Labute approximate surface area is 172 Å². The summed E-state index contributed by atoms with van der Waals surface area (Å²) >= 11 is 0. The predicted octanol–water partition coefficient (Wildman–Crippen LogP) is 2.29. The highest BCUT2D eigenvalue weighted by atomic mass is 19.1. The molecule has 9 nitrogen and oxygen atoms in total. The van der Waals surface area contributed by atoms with Crippen LogP contribution in [0.3, 0.4) is 0 Å². The van der Waals surface area contributed by atoms with Crippen LogP contribution in [-0.4, -0.2) is 69.2 Å². The van der Waals surface area contributed by atoms with Crippen molar-refractivity contribution in [2.24, 2.45) is 0 Å². The average Bonchev–Trinajstić information content (AvgIpc) is 3.27. The fourth-order valence-electron chi connectivity index (χ4n) is 4.18. The minimum Gasteiger partial charge on any atom is -0.453 e. The molecule has 1 saturated heterocycles. The van der Waals surface area contributed by atoms with Crippen LogP contribution in [0.2, 0.25) is 0 Å². The first kappa shape index (κ1) is 20.0. The molecule has 0 unspecified atom stereocenters. The van der Waals surface area contributed by atoms with Crippen molar-refractivity contribution in [3.8, 4) is 0 Å². The Kier molecular flexibility index (Phi) is 5.23. The van der Waals surface area contributed by atoms with Crippen LogP contribution in [0.15, 0.2) is 18.2 Å². The molecule has 0 spiro atoms. The van der Waals surface area contributed by atoms with Gasteiger partial charge in [0.15, 0.2) is 0 Å². The zero-order valence-corrected chi connectivity index (χ0v) is 16.6. The van der Waals surface area contributed by atoms with Crippen LogP contribution in [0.4, 0.5) is 24.5 Å². The summed E-state index contributed by atoms with van der Waals surface area (Å²) in [6.45, 7) is 0.898. The van der Waals surface area contributed by atoms with E-state index in [0.717, 1.165) is 11.1 Å². The molecule has 0 aromatic heterocycles. The Morgan fingerprint density at radius 3 is 2.77 bits per heavy atom. The maximum Gasteiger partial charge on any atom is 0.415 e. The number of nitrogens with one attached hydrogen (secondary N) is 1. The fourth-order valence-corrected chi connectivity index (χ4v) is 4.18. The minimum absolute atomic E-state index is 0.109. The number of carbonyl (C=O) groups is 3. The van der Waals surface area contributed by atoms with E-state index in [1.54, 1.807) is 11.0 Å². The maximum atomic E-state index is 14.9. The van der Waals surface area contributed by atoms with Gasteiger partial charge in [-0.05, 0) is 36.1 Å². The van der Waals surface area contributed by atoms with E-state index in [4.69, 9.17) is 9.47 Å². The topological polar surface area (TPSA) is 97.4 Å². The van der Waals surface area contributed by atoms with Crippen molar-refractivity contribution in [3.63, 3.8) is 0 Å². The van der Waals surface area contributed by atoms with Gasteiger partial charge in [0.25, 0.3) is 0 Å². The van der Waals surface area contributed by atoms with E-state index >= 15 is 0 Å². The molecule has 0 saturated carbocycles. The first-order valence-electron chi connectivity index (χ1n) is 9.59. The molecular formula is C20H22FN3O6. The van der Waals surface area contributed by atoms with E-state index in [2.05, 4.69) is 10.1 Å². The molecule has 1 aromatic carbocycles. The molecule has 0 bridgehead atoms. The number of hydrogen-bond donors (Lipinski definition) is 1. The van der Waals surface area contributed by atoms with E-state index in [9.17, 15) is 18.8 Å². The lowest BCUT2D eigenvalue weighted by atomic mass is 9.95. The summed E-state index contributed by atoms with van der Waals surface area (Å²) in [7, 11) is 2.58. The van der Waals surface area contributed by atoms with Gasteiger partial charge in [-0.3, -0.25) is 4.90 Å². The Balaban J connectivity index is 1.54. The second-order valence-corrected chi connectivity index (χ2v) is 7.29. The van der Waals surface area contributed by atoms with Crippen molar-refractivity contribution < 1.29 is 33.0 Å². The van der Waals surface area contributed by atoms with E-state index in [0.29, 0.717) is 37.2 Å². The standard InChI is InChI=1S/C20H22FN3O6/c1-28-18(25)22-10-17-16-8-12-7-13(11-3-5-23(6-4-11)19(26)29-2)14(21)9-15(12)24(16)20(27)30-17/h3,7,9,16-17H,4-6,8,10H2,1-2H3,(H,22,25)/t16-,17-/m0/s1. The molecule has 0 aliphatic carbocycles. The third-order valence-corrected chi connectivity index (χ3v) is 5.69. The smallest absolute Gasteiger partial charge is 0.415 e. The summed E-state index contributed by atoms with van der Waals surface area (Å²) < 4.78 is 29.5. The summed E-state index contributed by atoms with van der Waals surface area (Å²) in [6.07, 6.45) is 0.670. The number of ether oxygens (including phenoxy) is 3. The molecular weight excluding hydrogens is 397 g/mol. The number of hydrogen-bond acceptors (Lipinski definition) is 6. The fraction of sp³-hybridized carbons (Fsp3) is 0.450. The number of nitrogens with zero attached hydrogens (tertiary/aromatic N) is 2. The molecule has 4 rings (SSSR count). The molecule has 10 heteroatoms. The highest BCUT2D eigenvalue weighted by molar-refractivity contribution is 5.94. The second-order valence-electron chi connectivity index (χ2n) is 7.29. The van der Waals surface area contributed by atoms with Crippen LogP contribution < -0.4 is 10.2 Å². The number of carbonyl (C=O) groups excluding carboxylic acids is 3. The molecule has 3 amide bonds. The van der Waals surface area contributed by atoms with Crippen molar-refractivity contribution >= 4 is 29.5 Å². The van der Waals surface area contributed by atoms with Crippen LogP contribution in [-0.2, 0) is 20.6 Å². The van der Waals surface area contributed by atoms with E-state index in [1.807, 2.05) is 6.08 Å². The number of cyclic esters (lactones) is 1. The van der Waals surface area contributed by atoms with Crippen molar-refractivity contribution in [1.29, 1.82) is 0 Å². The zero-order valence-electron chi connectivity index (χ0n) is 16.6. The minimum atomic E-state index is -0.612. The molecule has 0 radical (unpaired) electrons. The molecule has 2 atom stereocenters. The van der Waals surface area contributed by atoms with Gasteiger partial charge >= 0.3 is 18.3 Å². The highest BCUT2D eigenvalue weighted by Gasteiger charge is 2.48. The van der Waals surface area contributed by atoms with Gasteiger partial charge in [-0.15, -0.1) is 0 Å². The number of rotatable bonds is 3. The average molecular weight is 419 g/mol. The largest absolute Gasteiger partial charge is 0.453 e. The van der Waals surface area contributed by atoms with Gasteiger partial charge < -0.3 is 24.4 Å². The molecule has 3 aliphatic heterocycles. The quantitative estimate of drug-likeness (QED) is 0.755. The molecule has 3 aliphatic rings. The first-order chi connectivity index (χ1) is 14.4. The van der Waals surface area contributed by atoms with Gasteiger partial charge in [-0.25, -0.2) is 18.8 Å². The van der Waals surface area contributed by atoms with Crippen LogP contribution in [0, 0.1) is 5.82 Å². The normalized spacial score (nSPS) is 22.1. The molecule has 1 aromatic rings. The Hall–Kier alpha value is -3.30. The Morgan fingerprint density at radius 1 is 1.30 bits per heavy atom. The maximum absolute atomic E-state index is 14.9. The zero-order chi connectivity index (χ0) is 21.4. The number of fused-ring (bicyclic) bond motifs is 3. The number of anilines is 1. The summed E-state index contributed by atoms with van der Waals surface area (Å²) in [4.78, 5) is 38.3. The van der Waals surface area contributed by atoms with Crippen molar-refractivity contribution in [2.45, 2.75) is 25.0 Å². The first-order valence-corrected chi connectivity index (χ1v) is 9.59. The lowest BCUT2D eigenvalue weighted by Gasteiger charge is -2.25. The molecule has 3 heterocycles. The van der Waals surface area contributed by atoms with Crippen molar-refractivity contribution in [1.82, 2.24) is 10.2 Å². The van der Waals surface area contributed by atoms with Crippen LogP contribution in [0.1, 0.15) is 17.5 Å². The number of benzene rings is 1. The summed E-state index contributed by atoms with van der Waals surface area (Å²) in [5.74, 6) is -0.434. The molecule has 160 valence electrons. The predicted molar refractivity (Wildman–Crippen MR) is 104 cm³/mol.